The van der Waals surface area contributed by atoms with Gasteiger partial charge in [0, 0.05) is 0 Å². The van der Waals surface area contributed by atoms with E-state index < -0.39 is 0 Å². The van der Waals surface area contributed by atoms with Gasteiger partial charge in [0.25, 0.3) is 0 Å². The first kappa shape index (κ1) is 8.48. The second-order valence-corrected chi connectivity index (χ2v) is 2.33. The predicted octanol–water partition coefficient (Wildman–Crippen LogP) is 3.31. The Balaban J connectivity index is 3.42. The summed E-state index contributed by atoms with van der Waals surface area (Å²) < 4.78 is 0. The third kappa shape index (κ3) is 5.35. The lowest BCUT2D eigenvalue weighted by atomic mass is 10.1. The van der Waals surface area contributed by atoms with Gasteiger partial charge in [-0.25, -0.2) is 0 Å². The van der Waals surface area contributed by atoms with Gasteiger partial charge in [-0.3, -0.25) is 0 Å². The summed E-state index contributed by atoms with van der Waals surface area (Å²) in [6.07, 6.45) is 7.72. The molecule has 0 fully saturated rings. The van der Waals surface area contributed by atoms with Gasteiger partial charge in [0.1, 0.15) is 0 Å². The van der Waals surface area contributed by atoms with E-state index in [1.165, 1.54) is 18.4 Å². The van der Waals surface area contributed by atoms with E-state index in [9.17, 15) is 0 Å². The van der Waals surface area contributed by atoms with Crippen LogP contribution in [0.5, 0.6) is 0 Å². The number of hydrogen-bond donors (Lipinski definition) is 0. The minimum atomic E-state index is 1.04. The smallest absolute Gasteiger partial charge is 0.0144 e. The van der Waals surface area contributed by atoms with Gasteiger partial charge < -0.3 is 0 Å². The highest BCUT2D eigenvalue weighted by Crippen LogP contribution is 2.02. The van der Waals surface area contributed by atoms with Crippen molar-refractivity contribution >= 4 is 0 Å². The summed E-state index contributed by atoms with van der Waals surface area (Å²) in [4.78, 5) is 0. The van der Waals surface area contributed by atoms with Crippen molar-refractivity contribution in [3.63, 3.8) is 0 Å². The first-order valence-electron chi connectivity index (χ1n) is 3.57. The standard InChI is InChI=1S/C9H16/c1-4-6-8-9(3)7-5-2/h5,8H,2,4,6-7H2,1,3H3/b9-8+. The van der Waals surface area contributed by atoms with E-state index in [4.69, 9.17) is 0 Å². The number of rotatable bonds is 4. The van der Waals surface area contributed by atoms with Crippen LogP contribution in [-0.2, 0) is 0 Å². The minimum absolute atomic E-state index is 1.04. The summed E-state index contributed by atoms with van der Waals surface area (Å²) in [6, 6.07) is 0. The summed E-state index contributed by atoms with van der Waals surface area (Å²) in [5.41, 5.74) is 1.44. The highest BCUT2D eigenvalue weighted by Gasteiger charge is 1.81. The molecule has 9 heavy (non-hydrogen) atoms. The summed E-state index contributed by atoms with van der Waals surface area (Å²) in [7, 11) is 0. The molecule has 0 unspecified atom stereocenters. The molecule has 0 aromatic rings. The number of allylic oxidation sites excluding steroid dienone is 3. The Hall–Kier alpha value is -0.520. The molecule has 0 rings (SSSR count). The van der Waals surface area contributed by atoms with Crippen molar-refractivity contribution < 1.29 is 0 Å². The molecule has 0 bridgehead atoms. The van der Waals surface area contributed by atoms with Crippen molar-refractivity contribution in [2.75, 3.05) is 0 Å². The zero-order valence-corrected chi connectivity index (χ0v) is 6.48. The second-order valence-electron chi connectivity index (χ2n) is 2.33. The van der Waals surface area contributed by atoms with Gasteiger partial charge in [-0.05, 0) is 19.8 Å². The van der Waals surface area contributed by atoms with E-state index in [-0.39, 0.29) is 0 Å². The molecular formula is C9H16. The Morgan fingerprint density at radius 3 is 2.67 bits per heavy atom. The molecule has 0 radical (unpaired) electrons. The molecule has 0 N–H and O–H groups in total. The Bertz CT molecular complexity index is 98.6. The zero-order valence-electron chi connectivity index (χ0n) is 6.48. The minimum Gasteiger partial charge on any atom is -0.103 e. The van der Waals surface area contributed by atoms with Crippen LogP contribution in [0.15, 0.2) is 24.3 Å². The second kappa shape index (κ2) is 5.61. The fourth-order valence-corrected chi connectivity index (χ4v) is 0.702. The predicted molar refractivity (Wildman–Crippen MR) is 43.5 cm³/mol. The maximum Gasteiger partial charge on any atom is -0.0144 e. The summed E-state index contributed by atoms with van der Waals surface area (Å²) in [5, 5.41) is 0. The van der Waals surface area contributed by atoms with E-state index >= 15 is 0 Å². The molecule has 0 heterocycles. The highest BCUT2D eigenvalue weighted by atomic mass is 13.9. The molecule has 0 amide bonds. The lowest BCUT2D eigenvalue weighted by Crippen LogP contribution is -1.71. The molecule has 0 nitrogen and oxygen atoms in total. The Morgan fingerprint density at radius 2 is 2.22 bits per heavy atom. The largest absolute Gasteiger partial charge is 0.103 e. The first-order valence-corrected chi connectivity index (χ1v) is 3.57. The zero-order chi connectivity index (χ0) is 7.11. The average molecular weight is 124 g/mol. The maximum atomic E-state index is 3.67. The highest BCUT2D eigenvalue weighted by molar-refractivity contribution is 5.02. The van der Waals surface area contributed by atoms with Gasteiger partial charge in [0.05, 0.1) is 0 Å². The molecule has 0 aliphatic heterocycles. The van der Waals surface area contributed by atoms with Crippen molar-refractivity contribution in [2.45, 2.75) is 33.1 Å². The quantitative estimate of drug-likeness (QED) is 0.504. The van der Waals surface area contributed by atoms with Crippen LogP contribution in [0.25, 0.3) is 0 Å². The van der Waals surface area contributed by atoms with Crippen LogP contribution >= 0.6 is 0 Å². The number of unbranched alkanes of at least 4 members (excludes halogenated alkanes) is 1. The van der Waals surface area contributed by atoms with Crippen LogP contribution in [0.1, 0.15) is 33.1 Å². The topological polar surface area (TPSA) is 0 Å². The third-order valence-electron chi connectivity index (χ3n) is 1.25. The van der Waals surface area contributed by atoms with Crippen LogP contribution in [-0.4, -0.2) is 0 Å². The fourth-order valence-electron chi connectivity index (χ4n) is 0.702. The van der Waals surface area contributed by atoms with E-state index in [0.717, 1.165) is 6.42 Å². The molecule has 52 valence electrons. The van der Waals surface area contributed by atoms with Gasteiger partial charge in [-0.2, -0.15) is 0 Å². The van der Waals surface area contributed by atoms with Crippen LogP contribution in [0, 0.1) is 0 Å². The van der Waals surface area contributed by atoms with Crippen LogP contribution in [0.3, 0.4) is 0 Å². The summed E-state index contributed by atoms with van der Waals surface area (Å²) in [6.45, 7) is 8.01. The van der Waals surface area contributed by atoms with E-state index in [1.54, 1.807) is 0 Å². The van der Waals surface area contributed by atoms with Crippen molar-refractivity contribution in [2.24, 2.45) is 0 Å². The lowest BCUT2D eigenvalue weighted by Gasteiger charge is -1.92. The lowest BCUT2D eigenvalue weighted by molar-refractivity contribution is 0.942. The molecule has 0 aromatic carbocycles. The molecule has 0 heteroatoms. The molecule has 0 saturated heterocycles. The molecule has 0 aromatic heterocycles. The van der Waals surface area contributed by atoms with E-state index in [2.05, 4.69) is 26.5 Å². The summed E-state index contributed by atoms with van der Waals surface area (Å²) >= 11 is 0. The SMILES string of the molecule is C=CC/C(C)=C/CCC. The van der Waals surface area contributed by atoms with Crippen LogP contribution in [0.2, 0.25) is 0 Å². The molecule has 0 aliphatic carbocycles. The average Bonchev–Trinajstić information content (AvgIpc) is 1.85. The van der Waals surface area contributed by atoms with Crippen LogP contribution in [0.4, 0.5) is 0 Å². The van der Waals surface area contributed by atoms with Crippen molar-refractivity contribution in [1.29, 1.82) is 0 Å². The Labute approximate surface area is 58.3 Å². The molecule has 0 spiro atoms. The van der Waals surface area contributed by atoms with Crippen molar-refractivity contribution in [1.82, 2.24) is 0 Å². The van der Waals surface area contributed by atoms with Gasteiger partial charge in [-0.1, -0.05) is 31.1 Å². The van der Waals surface area contributed by atoms with Gasteiger partial charge in [0.15, 0.2) is 0 Å². The normalized spacial score (nSPS) is 11.6. The molecule has 0 aliphatic rings. The van der Waals surface area contributed by atoms with Gasteiger partial charge in [0.2, 0.25) is 0 Å². The van der Waals surface area contributed by atoms with Crippen molar-refractivity contribution in [3.8, 4) is 0 Å². The fraction of sp³-hybridized carbons (Fsp3) is 0.556. The Morgan fingerprint density at radius 1 is 1.56 bits per heavy atom. The van der Waals surface area contributed by atoms with E-state index in [1.807, 2.05) is 6.08 Å². The summed E-state index contributed by atoms with van der Waals surface area (Å²) in [5.74, 6) is 0. The molecular weight excluding hydrogens is 108 g/mol. The Kier molecular flexibility index (Phi) is 5.29. The van der Waals surface area contributed by atoms with Crippen LogP contribution < -0.4 is 0 Å². The maximum absolute atomic E-state index is 3.67. The monoisotopic (exact) mass is 124 g/mol. The first-order chi connectivity index (χ1) is 4.31. The molecule has 0 saturated carbocycles. The number of hydrogen-bond acceptors (Lipinski definition) is 0. The third-order valence-corrected chi connectivity index (χ3v) is 1.25. The van der Waals surface area contributed by atoms with Gasteiger partial charge in [-0.15, -0.1) is 6.58 Å². The van der Waals surface area contributed by atoms with Gasteiger partial charge >= 0.3 is 0 Å². The van der Waals surface area contributed by atoms with E-state index in [0.29, 0.717) is 0 Å². The van der Waals surface area contributed by atoms with Crippen molar-refractivity contribution in [3.05, 3.63) is 24.3 Å². The molecule has 0 atom stereocenters.